The molecule has 0 spiro atoms. The molecule has 0 aromatic heterocycles. The maximum atomic E-state index is 5.45. The van der Waals surface area contributed by atoms with Crippen molar-refractivity contribution in [3.8, 4) is 0 Å². The third-order valence-electron chi connectivity index (χ3n) is 4.93. The van der Waals surface area contributed by atoms with Crippen molar-refractivity contribution in [3.63, 3.8) is 0 Å². The van der Waals surface area contributed by atoms with Crippen molar-refractivity contribution in [2.24, 2.45) is 0 Å². The van der Waals surface area contributed by atoms with E-state index in [0.717, 1.165) is 13.0 Å². The molecule has 136 valence electrons. The zero-order valence-corrected chi connectivity index (χ0v) is 16.4. The van der Waals surface area contributed by atoms with Gasteiger partial charge in [-0.05, 0) is 57.4 Å². The first-order chi connectivity index (χ1) is 12.0. The van der Waals surface area contributed by atoms with E-state index in [1.54, 1.807) is 7.11 Å². The second-order valence-corrected chi connectivity index (χ2v) is 7.31. The average molecular weight is 340 g/mol. The maximum absolute atomic E-state index is 5.45. The molecule has 2 aromatic rings. The smallest absolute Gasteiger partial charge is 0.0715 e. The van der Waals surface area contributed by atoms with E-state index in [4.69, 9.17) is 4.74 Å². The molecule has 1 unspecified atom stereocenters. The Morgan fingerprint density at radius 3 is 2.04 bits per heavy atom. The van der Waals surface area contributed by atoms with Gasteiger partial charge in [0.15, 0.2) is 0 Å². The van der Waals surface area contributed by atoms with E-state index >= 15 is 0 Å². The first-order valence-corrected chi connectivity index (χ1v) is 9.42. The molecular weight excluding hydrogens is 306 g/mol. The second kappa shape index (κ2) is 9.74. The topological polar surface area (TPSA) is 12.5 Å². The molecular formula is C23H33NO. The van der Waals surface area contributed by atoms with Gasteiger partial charge in [0, 0.05) is 25.1 Å². The largest absolute Gasteiger partial charge is 0.380 e. The van der Waals surface area contributed by atoms with Crippen molar-refractivity contribution in [2.45, 2.75) is 58.7 Å². The molecule has 0 aliphatic carbocycles. The lowest BCUT2D eigenvalue weighted by atomic mass is 9.85. The van der Waals surface area contributed by atoms with Gasteiger partial charge in [-0.15, -0.1) is 0 Å². The van der Waals surface area contributed by atoms with Crippen LogP contribution in [0.25, 0.3) is 0 Å². The Morgan fingerprint density at radius 1 is 0.840 bits per heavy atom. The molecule has 1 atom stereocenters. The highest BCUT2D eigenvalue weighted by Crippen LogP contribution is 2.31. The van der Waals surface area contributed by atoms with E-state index in [2.05, 4.69) is 87.2 Å². The summed E-state index contributed by atoms with van der Waals surface area (Å²) in [4.78, 5) is 2.58. The Bertz CT molecular complexity index is 613. The first kappa shape index (κ1) is 19.7. The highest BCUT2D eigenvalue weighted by molar-refractivity contribution is 5.37. The molecule has 0 aliphatic rings. The molecule has 0 aliphatic heterocycles. The van der Waals surface area contributed by atoms with Crippen molar-refractivity contribution in [3.05, 3.63) is 71.3 Å². The molecule has 0 radical (unpaired) electrons. The highest BCUT2D eigenvalue weighted by Gasteiger charge is 2.20. The van der Waals surface area contributed by atoms with Gasteiger partial charge in [0.25, 0.3) is 0 Å². The number of benzene rings is 2. The first-order valence-electron chi connectivity index (χ1n) is 9.42. The van der Waals surface area contributed by atoms with Crippen LogP contribution in [-0.2, 0) is 11.3 Å². The van der Waals surface area contributed by atoms with Crippen LogP contribution < -0.4 is 0 Å². The number of hydrogen-bond donors (Lipinski definition) is 0. The van der Waals surface area contributed by atoms with Crippen molar-refractivity contribution >= 4 is 0 Å². The monoisotopic (exact) mass is 339 g/mol. The fourth-order valence-corrected chi connectivity index (χ4v) is 3.74. The molecule has 0 saturated heterocycles. The van der Waals surface area contributed by atoms with Crippen molar-refractivity contribution in [2.75, 3.05) is 13.7 Å². The lowest BCUT2D eigenvalue weighted by Gasteiger charge is -2.32. The molecule has 0 heterocycles. The highest BCUT2D eigenvalue weighted by atomic mass is 16.5. The van der Waals surface area contributed by atoms with Gasteiger partial charge in [-0.25, -0.2) is 0 Å². The fraction of sp³-hybridized carbons (Fsp3) is 0.478. The van der Waals surface area contributed by atoms with Crippen LogP contribution in [0.5, 0.6) is 0 Å². The lowest BCUT2D eigenvalue weighted by Crippen LogP contribution is -2.38. The lowest BCUT2D eigenvalue weighted by molar-refractivity contribution is 0.169. The number of ether oxygens (including phenoxy) is 1. The number of hydrogen-bond acceptors (Lipinski definition) is 2. The normalized spacial score (nSPS) is 13.0. The minimum absolute atomic E-state index is 0.396. The second-order valence-electron chi connectivity index (χ2n) is 7.31. The fourth-order valence-electron chi connectivity index (χ4n) is 3.74. The van der Waals surface area contributed by atoms with Crippen LogP contribution in [0.15, 0.2) is 54.6 Å². The number of methoxy groups -OCH3 is 1. The van der Waals surface area contributed by atoms with Crippen molar-refractivity contribution in [1.29, 1.82) is 0 Å². The average Bonchev–Trinajstić information content (AvgIpc) is 2.60. The van der Waals surface area contributed by atoms with Gasteiger partial charge in [-0.2, -0.15) is 0 Å². The van der Waals surface area contributed by atoms with Crippen LogP contribution in [0, 0.1) is 0 Å². The third kappa shape index (κ3) is 5.42. The minimum atomic E-state index is 0.396. The van der Waals surface area contributed by atoms with Gasteiger partial charge in [-0.1, -0.05) is 54.6 Å². The van der Waals surface area contributed by atoms with Gasteiger partial charge in [0.2, 0.25) is 0 Å². The Kier molecular flexibility index (Phi) is 7.67. The van der Waals surface area contributed by atoms with Gasteiger partial charge in [-0.3, -0.25) is 4.90 Å². The van der Waals surface area contributed by atoms with Gasteiger partial charge in [0.1, 0.15) is 0 Å². The van der Waals surface area contributed by atoms with Crippen LogP contribution >= 0.6 is 0 Å². The van der Waals surface area contributed by atoms with Gasteiger partial charge >= 0.3 is 0 Å². The molecule has 0 bridgehead atoms. The summed E-state index contributed by atoms with van der Waals surface area (Å²) < 4.78 is 5.45. The molecule has 25 heavy (non-hydrogen) atoms. The summed E-state index contributed by atoms with van der Waals surface area (Å²) in [5.41, 5.74) is 4.07. The molecule has 2 nitrogen and oxygen atoms in total. The molecule has 0 amide bonds. The van der Waals surface area contributed by atoms with E-state index in [1.807, 2.05) is 0 Å². The van der Waals surface area contributed by atoms with E-state index in [-0.39, 0.29) is 0 Å². The van der Waals surface area contributed by atoms with Crippen molar-refractivity contribution in [1.82, 2.24) is 4.90 Å². The molecule has 2 heteroatoms. The standard InChI is InChI=1S/C23H33NO/c1-18(2)24(19(3)4)16-15-23(20-11-7-6-8-12-20)22-14-10-9-13-21(22)17-25-5/h6-14,18-19,23H,15-17H2,1-5H3. The quantitative estimate of drug-likeness (QED) is 0.600. The zero-order chi connectivity index (χ0) is 18.2. The summed E-state index contributed by atoms with van der Waals surface area (Å²) in [6, 6.07) is 20.7. The Morgan fingerprint density at radius 2 is 1.44 bits per heavy atom. The Balaban J connectivity index is 2.32. The van der Waals surface area contributed by atoms with E-state index < -0.39 is 0 Å². The van der Waals surface area contributed by atoms with Crippen LogP contribution in [0.3, 0.4) is 0 Å². The number of nitrogens with zero attached hydrogens (tertiary/aromatic N) is 1. The van der Waals surface area contributed by atoms with Crippen LogP contribution in [0.4, 0.5) is 0 Å². The molecule has 0 fully saturated rings. The maximum Gasteiger partial charge on any atom is 0.0715 e. The molecule has 2 rings (SSSR count). The summed E-state index contributed by atoms with van der Waals surface area (Å²) in [7, 11) is 1.77. The van der Waals surface area contributed by atoms with E-state index in [1.165, 1.54) is 16.7 Å². The SMILES string of the molecule is COCc1ccccc1C(CCN(C(C)C)C(C)C)c1ccccc1. The predicted octanol–water partition coefficient (Wildman–Crippen LogP) is 5.47. The summed E-state index contributed by atoms with van der Waals surface area (Å²) in [5, 5.41) is 0. The van der Waals surface area contributed by atoms with Crippen molar-refractivity contribution < 1.29 is 4.74 Å². The molecule has 0 N–H and O–H groups in total. The predicted molar refractivity (Wildman–Crippen MR) is 107 cm³/mol. The summed E-state index contributed by atoms with van der Waals surface area (Å²) in [6.07, 6.45) is 1.11. The van der Waals surface area contributed by atoms with E-state index in [0.29, 0.717) is 24.6 Å². The van der Waals surface area contributed by atoms with Gasteiger partial charge < -0.3 is 4.74 Å². The summed E-state index contributed by atoms with van der Waals surface area (Å²) in [5.74, 6) is 0.396. The zero-order valence-electron chi connectivity index (χ0n) is 16.4. The van der Waals surface area contributed by atoms with Crippen LogP contribution in [-0.4, -0.2) is 30.6 Å². The number of rotatable bonds is 9. The van der Waals surface area contributed by atoms with Crippen LogP contribution in [0.1, 0.15) is 56.7 Å². The van der Waals surface area contributed by atoms with Gasteiger partial charge in [0.05, 0.1) is 6.61 Å². The molecule has 2 aromatic carbocycles. The summed E-state index contributed by atoms with van der Waals surface area (Å²) >= 11 is 0. The van der Waals surface area contributed by atoms with Crippen LogP contribution in [0.2, 0.25) is 0 Å². The Labute approximate surface area is 153 Å². The Hall–Kier alpha value is -1.64. The summed E-state index contributed by atoms with van der Waals surface area (Å²) in [6.45, 7) is 10.9. The van der Waals surface area contributed by atoms with E-state index in [9.17, 15) is 0 Å². The minimum Gasteiger partial charge on any atom is -0.380 e. The third-order valence-corrected chi connectivity index (χ3v) is 4.93. The molecule has 0 saturated carbocycles.